The van der Waals surface area contributed by atoms with Gasteiger partial charge < -0.3 is 9.57 Å². The van der Waals surface area contributed by atoms with E-state index in [9.17, 15) is 19.7 Å². The molecule has 0 aliphatic rings. The minimum absolute atomic E-state index is 0.0579. The van der Waals surface area contributed by atoms with E-state index < -0.39 is 11.1 Å². The predicted octanol–water partition coefficient (Wildman–Crippen LogP) is 5.20. The van der Waals surface area contributed by atoms with Gasteiger partial charge in [0.25, 0.3) is 5.09 Å². The van der Waals surface area contributed by atoms with Gasteiger partial charge in [-0.1, -0.05) is 62.4 Å². The van der Waals surface area contributed by atoms with Crippen molar-refractivity contribution in [3.8, 4) is 0 Å². The molecule has 0 aliphatic carbocycles. The normalized spacial score (nSPS) is 10.5. The maximum atomic E-state index is 12.2. The van der Waals surface area contributed by atoms with Crippen molar-refractivity contribution in [2.45, 2.75) is 69.6 Å². The van der Waals surface area contributed by atoms with E-state index in [-0.39, 0.29) is 11.7 Å². The third-order valence-corrected chi connectivity index (χ3v) is 5.09. The van der Waals surface area contributed by atoms with E-state index in [2.05, 4.69) is 4.84 Å². The molecule has 1 aromatic rings. The van der Waals surface area contributed by atoms with Gasteiger partial charge in [-0.15, -0.1) is 10.1 Å². The van der Waals surface area contributed by atoms with E-state index >= 15 is 0 Å². The summed E-state index contributed by atoms with van der Waals surface area (Å²) in [6, 6.07) is 7.01. The van der Waals surface area contributed by atoms with E-state index in [4.69, 9.17) is 4.74 Å². The van der Waals surface area contributed by atoms with Gasteiger partial charge >= 0.3 is 5.97 Å². The van der Waals surface area contributed by atoms with E-state index in [1.807, 2.05) is 6.07 Å². The van der Waals surface area contributed by atoms with Gasteiger partial charge in [-0.2, -0.15) is 0 Å². The van der Waals surface area contributed by atoms with Crippen molar-refractivity contribution in [3.63, 3.8) is 0 Å². The Labute approximate surface area is 170 Å². The summed E-state index contributed by atoms with van der Waals surface area (Å²) in [7, 11) is 0. The molecule has 0 unspecified atom stereocenters. The number of esters is 1. The lowest BCUT2D eigenvalue weighted by Crippen LogP contribution is -2.06. The first-order valence-corrected chi connectivity index (χ1v) is 10.6. The van der Waals surface area contributed by atoms with Crippen LogP contribution < -0.4 is 0 Å². The second-order valence-corrected chi connectivity index (χ2v) is 7.43. The fraction of sp³-hybridized carbons (Fsp3) is 0.600. The zero-order chi connectivity index (χ0) is 20.6. The number of unbranched alkanes of at least 4 members (excludes halogenated alkanes) is 7. The van der Waals surface area contributed by atoms with Crippen molar-refractivity contribution in [1.29, 1.82) is 0 Å². The van der Waals surface area contributed by atoms with Crippen molar-refractivity contribution in [2.24, 2.45) is 0 Å². The zero-order valence-electron chi connectivity index (χ0n) is 16.4. The van der Waals surface area contributed by atoms with Crippen LogP contribution in [0.3, 0.4) is 0 Å². The van der Waals surface area contributed by atoms with Crippen molar-refractivity contribution in [2.75, 3.05) is 13.2 Å². The third-order valence-electron chi connectivity index (χ3n) is 4.08. The highest BCUT2D eigenvalue weighted by atomic mass is 32.2. The number of hydrogen-bond acceptors (Lipinski definition) is 7. The quantitative estimate of drug-likeness (QED) is 0.129. The lowest BCUT2D eigenvalue weighted by molar-refractivity contribution is -0.757. The van der Waals surface area contributed by atoms with Crippen LogP contribution in [0.5, 0.6) is 0 Å². The van der Waals surface area contributed by atoms with Gasteiger partial charge in [0.1, 0.15) is 0 Å². The molecule has 8 heteroatoms. The summed E-state index contributed by atoms with van der Waals surface area (Å²) in [4.78, 5) is 39.0. The summed E-state index contributed by atoms with van der Waals surface area (Å²) in [5, 5.41) is 9.30. The van der Waals surface area contributed by atoms with Crippen LogP contribution in [0.15, 0.2) is 29.2 Å². The Hall–Kier alpha value is -2.09. The first-order chi connectivity index (χ1) is 13.5. The number of hydrogen-bond donors (Lipinski definition) is 0. The molecule has 28 heavy (non-hydrogen) atoms. The number of ether oxygens (including phenoxy) is 1. The van der Waals surface area contributed by atoms with E-state index in [0.717, 1.165) is 56.7 Å². The van der Waals surface area contributed by atoms with Crippen molar-refractivity contribution in [1.82, 2.24) is 0 Å². The number of rotatable bonds is 15. The molecule has 7 nitrogen and oxygen atoms in total. The lowest BCUT2D eigenvalue weighted by atomic mass is 10.1. The Morgan fingerprint density at radius 2 is 1.61 bits per heavy atom. The predicted molar refractivity (Wildman–Crippen MR) is 108 cm³/mol. The molecule has 0 saturated carbocycles. The molecular weight excluding hydrogens is 382 g/mol. The Kier molecular flexibility index (Phi) is 12.7. The maximum absolute atomic E-state index is 12.2. The molecule has 0 aliphatic heterocycles. The number of nitrogens with zero attached hydrogens (tertiary/aromatic N) is 1. The van der Waals surface area contributed by atoms with Gasteiger partial charge in [0.05, 0.1) is 18.8 Å². The van der Waals surface area contributed by atoms with Crippen LogP contribution in [-0.4, -0.2) is 29.4 Å². The van der Waals surface area contributed by atoms with Crippen LogP contribution in [0.4, 0.5) is 0 Å². The largest absolute Gasteiger partial charge is 0.462 e. The van der Waals surface area contributed by atoms with Gasteiger partial charge in [0, 0.05) is 11.3 Å². The molecule has 0 amide bonds. The number of carbonyl (C=O) groups is 2. The monoisotopic (exact) mass is 411 g/mol. The van der Waals surface area contributed by atoms with E-state index in [1.165, 1.54) is 0 Å². The average Bonchev–Trinajstić information content (AvgIpc) is 2.66. The van der Waals surface area contributed by atoms with E-state index in [0.29, 0.717) is 29.9 Å². The molecule has 0 radical (unpaired) electrons. The second kappa shape index (κ2) is 14.9. The summed E-state index contributed by atoms with van der Waals surface area (Å²) in [5.74, 6) is -0.400. The smallest absolute Gasteiger partial charge is 0.339 e. The Bertz CT molecular complexity index is 622. The third kappa shape index (κ3) is 10.9. The molecule has 0 atom stereocenters. The average molecular weight is 412 g/mol. The first kappa shape index (κ1) is 23.9. The highest BCUT2D eigenvalue weighted by molar-refractivity contribution is 8.13. The minimum atomic E-state index is -0.755. The lowest BCUT2D eigenvalue weighted by Gasteiger charge is -2.07. The van der Waals surface area contributed by atoms with Gasteiger partial charge in [0.15, 0.2) is 5.12 Å². The van der Waals surface area contributed by atoms with Gasteiger partial charge in [-0.05, 0) is 31.9 Å². The summed E-state index contributed by atoms with van der Waals surface area (Å²) in [6.45, 7) is 2.23. The molecule has 0 N–H and O–H groups in total. The van der Waals surface area contributed by atoms with Gasteiger partial charge in [-0.25, -0.2) is 4.79 Å². The number of carbonyl (C=O) groups excluding carboxylic acids is 2. The maximum Gasteiger partial charge on any atom is 0.339 e. The fourth-order valence-corrected chi connectivity index (χ4v) is 3.58. The number of benzene rings is 1. The molecule has 0 spiro atoms. The fourth-order valence-electron chi connectivity index (χ4n) is 2.68. The van der Waals surface area contributed by atoms with Crippen LogP contribution in [0.1, 0.15) is 75.1 Å². The SMILES string of the molecule is CCOC(=O)c1ccccc1SC(=O)CCCCCCCCCCO[N+](=O)[O-]. The minimum Gasteiger partial charge on any atom is -0.462 e. The summed E-state index contributed by atoms with van der Waals surface area (Å²) in [6.07, 6.45) is 8.27. The van der Waals surface area contributed by atoms with Crippen molar-refractivity contribution >= 4 is 22.8 Å². The second-order valence-electron chi connectivity index (χ2n) is 6.33. The molecule has 1 aromatic carbocycles. The van der Waals surface area contributed by atoms with Crippen LogP contribution in [0.2, 0.25) is 0 Å². The summed E-state index contributed by atoms with van der Waals surface area (Å²) >= 11 is 1.11. The molecule has 0 saturated heterocycles. The molecule has 0 aromatic heterocycles. The first-order valence-electron chi connectivity index (χ1n) is 9.78. The number of thioether (sulfide) groups is 1. The summed E-state index contributed by atoms with van der Waals surface area (Å²) < 4.78 is 5.03. The molecule has 0 bridgehead atoms. The van der Waals surface area contributed by atoms with Gasteiger partial charge in [-0.3, -0.25) is 4.79 Å². The standard InChI is InChI=1S/C20H29NO6S/c1-2-26-20(23)17-13-10-11-14-18(17)28-19(22)15-9-7-5-3-4-6-8-12-16-27-21(24)25/h10-11,13-14H,2-9,12,15-16H2,1H3. The molecule has 0 fully saturated rings. The highest BCUT2D eigenvalue weighted by Crippen LogP contribution is 2.26. The summed E-state index contributed by atoms with van der Waals surface area (Å²) in [5.41, 5.74) is 0.436. The Morgan fingerprint density at radius 3 is 2.25 bits per heavy atom. The molecule has 1 rings (SSSR count). The van der Waals surface area contributed by atoms with Gasteiger partial charge in [0.2, 0.25) is 0 Å². The van der Waals surface area contributed by atoms with Crippen molar-refractivity contribution < 1.29 is 24.3 Å². The molecule has 0 heterocycles. The highest BCUT2D eigenvalue weighted by Gasteiger charge is 2.15. The Morgan fingerprint density at radius 1 is 1.00 bits per heavy atom. The van der Waals surface area contributed by atoms with Crippen LogP contribution in [0.25, 0.3) is 0 Å². The molecule has 156 valence electrons. The van der Waals surface area contributed by atoms with Crippen LogP contribution >= 0.6 is 11.8 Å². The topological polar surface area (TPSA) is 95.7 Å². The van der Waals surface area contributed by atoms with Crippen molar-refractivity contribution in [3.05, 3.63) is 39.9 Å². The zero-order valence-corrected chi connectivity index (χ0v) is 17.2. The van der Waals surface area contributed by atoms with E-state index in [1.54, 1.807) is 25.1 Å². The molecular formula is C20H29NO6S. The van der Waals surface area contributed by atoms with Crippen LogP contribution in [0, 0.1) is 10.1 Å². The van der Waals surface area contributed by atoms with Crippen LogP contribution in [-0.2, 0) is 14.4 Å². The Balaban J connectivity index is 2.12.